The van der Waals surface area contributed by atoms with Crippen molar-refractivity contribution in [1.82, 2.24) is 14.5 Å². The summed E-state index contributed by atoms with van der Waals surface area (Å²) in [4.78, 5) is 19.7. The largest absolute Gasteiger partial charge is 0.493 e. The zero-order valence-corrected chi connectivity index (χ0v) is 22.3. The molecule has 0 saturated carbocycles. The Balaban J connectivity index is 0.00000225. The summed E-state index contributed by atoms with van der Waals surface area (Å²) in [7, 11) is -1.89. The van der Waals surface area contributed by atoms with Crippen molar-refractivity contribution in [3.8, 4) is 11.5 Å². The van der Waals surface area contributed by atoms with Crippen LogP contribution in [0.4, 0.5) is 0 Å². The van der Waals surface area contributed by atoms with Crippen LogP contribution in [0.1, 0.15) is 18.5 Å². The van der Waals surface area contributed by atoms with E-state index in [0.29, 0.717) is 39.3 Å². The molecule has 0 fully saturated rings. The van der Waals surface area contributed by atoms with Gasteiger partial charge < -0.3 is 21.9 Å². The van der Waals surface area contributed by atoms with E-state index in [0.717, 1.165) is 6.26 Å². The Hall–Kier alpha value is -1.64. The van der Waals surface area contributed by atoms with Gasteiger partial charge in [-0.1, -0.05) is 6.07 Å². The van der Waals surface area contributed by atoms with Crippen LogP contribution < -0.4 is 15.2 Å². The maximum atomic E-state index is 12.7. The zero-order chi connectivity index (χ0) is 20.5. The van der Waals surface area contributed by atoms with Gasteiger partial charge in [-0.25, -0.2) is 18.2 Å². The van der Waals surface area contributed by atoms with Crippen molar-refractivity contribution in [1.29, 1.82) is 0 Å². The monoisotopic (exact) mass is 668 g/mol. The Morgan fingerprint density at radius 2 is 1.97 bits per heavy atom. The van der Waals surface area contributed by atoms with Gasteiger partial charge >= 0.3 is 5.69 Å². The van der Waals surface area contributed by atoms with Crippen molar-refractivity contribution in [3.63, 3.8) is 0 Å². The van der Waals surface area contributed by atoms with Crippen LogP contribution in [0.15, 0.2) is 39.7 Å². The van der Waals surface area contributed by atoms with Crippen LogP contribution >= 0.6 is 15.9 Å². The van der Waals surface area contributed by atoms with Crippen LogP contribution in [0.3, 0.4) is 0 Å². The molecule has 0 radical (unpaired) electrons. The van der Waals surface area contributed by atoms with Crippen LogP contribution in [0, 0.1) is 7.43 Å². The predicted molar refractivity (Wildman–Crippen MR) is 116 cm³/mol. The molecule has 0 aliphatic carbocycles. The molecule has 1 atom stereocenters. The molecule has 0 aliphatic heterocycles. The number of nitrogens with zero attached hydrogens (tertiary/aromatic N) is 2. The molecule has 0 amide bonds. The van der Waals surface area contributed by atoms with Gasteiger partial charge in [0.15, 0.2) is 17.1 Å². The first-order chi connectivity index (χ1) is 13.2. The number of H-pyrrole nitrogens is 1. The Bertz CT molecular complexity index is 1180. The summed E-state index contributed by atoms with van der Waals surface area (Å²) in [6, 6.07) is 6.05. The number of hydrogen-bond acceptors (Lipinski definition) is 6. The molecular formula is C19H23BrN3O5SW-. The third-order valence-corrected chi connectivity index (χ3v) is 5.52. The second kappa shape index (κ2) is 10.6. The molecule has 0 saturated heterocycles. The van der Waals surface area contributed by atoms with Crippen molar-refractivity contribution in [2.75, 3.05) is 25.7 Å². The maximum Gasteiger partial charge on any atom is 0.328 e. The number of fused-ring (bicyclic) bond motifs is 1. The van der Waals surface area contributed by atoms with E-state index >= 15 is 0 Å². The van der Waals surface area contributed by atoms with Crippen molar-refractivity contribution in [3.05, 3.63) is 58.4 Å². The number of methoxy groups -OCH3 is 1. The third-order valence-electron chi connectivity index (χ3n) is 4.17. The third kappa shape index (κ3) is 5.74. The van der Waals surface area contributed by atoms with Crippen molar-refractivity contribution < 1.29 is 39.0 Å². The number of aromatic amines is 1. The van der Waals surface area contributed by atoms with Crippen molar-refractivity contribution >= 4 is 36.9 Å². The molecule has 0 spiro atoms. The molecule has 1 aromatic carbocycles. The number of ether oxygens (including phenoxy) is 2. The van der Waals surface area contributed by atoms with Gasteiger partial charge in [-0.3, -0.25) is 4.57 Å². The minimum Gasteiger partial charge on any atom is -0.493 e. The van der Waals surface area contributed by atoms with E-state index in [-0.39, 0.29) is 34.2 Å². The molecule has 2 aromatic heterocycles. The van der Waals surface area contributed by atoms with E-state index in [4.69, 9.17) is 9.47 Å². The van der Waals surface area contributed by atoms with E-state index in [1.165, 1.54) is 11.7 Å². The maximum absolute atomic E-state index is 12.7. The molecule has 0 aliphatic rings. The van der Waals surface area contributed by atoms with Gasteiger partial charge in [-0.15, -0.1) is 0 Å². The van der Waals surface area contributed by atoms with Gasteiger partial charge in [0.1, 0.15) is 9.84 Å². The van der Waals surface area contributed by atoms with E-state index in [9.17, 15) is 13.2 Å². The molecular weight excluding hydrogens is 646 g/mol. The number of nitrogens with one attached hydrogen (secondary N) is 1. The summed E-state index contributed by atoms with van der Waals surface area (Å²) in [5.41, 5.74) is 1.04. The van der Waals surface area contributed by atoms with Gasteiger partial charge in [0, 0.05) is 38.0 Å². The fraction of sp³-hybridized carbons (Fsp3) is 0.316. The topological polar surface area (TPSA) is 103 Å². The molecule has 8 nitrogen and oxygen atoms in total. The number of hydrogen-bond donors (Lipinski definition) is 1. The first kappa shape index (κ1) is 26.4. The van der Waals surface area contributed by atoms with Gasteiger partial charge in [0.2, 0.25) is 0 Å². The van der Waals surface area contributed by atoms with E-state index < -0.39 is 21.6 Å². The average Bonchev–Trinajstić information content (AvgIpc) is 2.94. The van der Waals surface area contributed by atoms with Crippen LogP contribution in [0.2, 0.25) is 0 Å². The average molecular weight is 669 g/mol. The second-order valence-corrected chi connectivity index (χ2v) is 9.38. The molecule has 3 aromatic rings. The Kier molecular flexibility index (Phi) is 9.32. The number of halogens is 1. The second-order valence-electron chi connectivity index (χ2n) is 6.28. The fourth-order valence-corrected chi connectivity index (χ4v) is 4.30. The van der Waals surface area contributed by atoms with Crippen LogP contribution in [0.25, 0.3) is 11.2 Å². The molecule has 3 rings (SSSR count). The normalized spacial score (nSPS) is 12.0. The first-order valence-corrected chi connectivity index (χ1v) is 11.3. The quantitative estimate of drug-likeness (QED) is 0.389. The summed E-state index contributed by atoms with van der Waals surface area (Å²) >= 11 is 3.32. The standard InChI is InChI=1S/C18H20BrN3O5S.CH3.W/c1-4-27-16-7-11(5-6-15(16)26-2)14(10-28(3,24)25)22-17-13(21-18(22)23)8-12(19)9-20-17;;/h5-9,14H,4,10H2,1-3H3,(H,21,23);1H3;/q;-1;/t14-;;/m1../s1. The minimum atomic E-state index is -3.41. The van der Waals surface area contributed by atoms with Crippen LogP contribution in [-0.2, 0) is 30.9 Å². The van der Waals surface area contributed by atoms with Crippen LogP contribution in [0.5, 0.6) is 11.5 Å². The van der Waals surface area contributed by atoms with Gasteiger partial charge in [-0.05, 0) is 46.6 Å². The molecule has 1 N–H and O–H groups in total. The number of pyridine rings is 1. The molecule has 30 heavy (non-hydrogen) atoms. The number of imidazole rings is 1. The van der Waals surface area contributed by atoms with Crippen LogP contribution in [-0.4, -0.2) is 48.7 Å². The van der Waals surface area contributed by atoms with E-state index in [1.54, 1.807) is 30.5 Å². The first-order valence-electron chi connectivity index (χ1n) is 8.47. The molecule has 0 unspecified atom stereocenters. The summed E-state index contributed by atoms with van der Waals surface area (Å²) in [5.74, 6) is 0.733. The van der Waals surface area contributed by atoms with Gasteiger partial charge in [-0.2, -0.15) is 0 Å². The number of rotatable bonds is 7. The van der Waals surface area contributed by atoms with Gasteiger partial charge in [0.25, 0.3) is 0 Å². The van der Waals surface area contributed by atoms with E-state index in [2.05, 4.69) is 25.9 Å². The smallest absolute Gasteiger partial charge is 0.328 e. The van der Waals surface area contributed by atoms with Crippen molar-refractivity contribution in [2.24, 2.45) is 0 Å². The van der Waals surface area contributed by atoms with E-state index in [1.807, 2.05) is 6.92 Å². The number of aromatic nitrogens is 3. The Morgan fingerprint density at radius 3 is 2.57 bits per heavy atom. The fourth-order valence-electron chi connectivity index (χ4n) is 3.05. The zero-order valence-electron chi connectivity index (χ0n) is 17.0. The predicted octanol–water partition coefficient (Wildman–Crippen LogP) is 2.98. The summed E-state index contributed by atoms with van der Waals surface area (Å²) < 4.78 is 37.2. The summed E-state index contributed by atoms with van der Waals surface area (Å²) in [6.07, 6.45) is 2.69. The minimum absolute atomic E-state index is 0. The number of benzene rings is 1. The Labute approximate surface area is 198 Å². The SMILES string of the molecule is CCOc1cc([C@@H](CS(C)(=O)=O)n2c(=O)[nH]c3cc(Br)cnc32)ccc1OC.[CH3-].[W]. The summed E-state index contributed by atoms with van der Waals surface area (Å²) in [5, 5.41) is 0. The molecule has 164 valence electrons. The van der Waals surface area contributed by atoms with Crippen molar-refractivity contribution in [2.45, 2.75) is 13.0 Å². The van der Waals surface area contributed by atoms with Gasteiger partial charge in [0.05, 0.1) is 31.0 Å². The number of sulfone groups is 1. The molecule has 0 bridgehead atoms. The summed E-state index contributed by atoms with van der Waals surface area (Å²) in [6.45, 7) is 2.26. The molecule has 11 heteroatoms. The Morgan fingerprint density at radius 1 is 1.27 bits per heavy atom. The molecule has 2 heterocycles.